The van der Waals surface area contributed by atoms with Gasteiger partial charge in [-0.25, -0.2) is 0 Å². The summed E-state index contributed by atoms with van der Waals surface area (Å²) in [7, 11) is 1.65. The van der Waals surface area contributed by atoms with E-state index < -0.39 is 0 Å². The summed E-state index contributed by atoms with van der Waals surface area (Å²) in [6.07, 6.45) is 1.40. The van der Waals surface area contributed by atoms with Gasteiger partial charge in [-0.2, -0.15) is 10.4 Å². The number of nitriles is 1. The van der Waals surface area contributed by atoms with Crippen LogP contribution in [0.25, 0.3) is 0 Å². The van der Waals surface area contributed by atoms with E-state index in [9.17, 15) is 4.79 Å². The van der Waals surface area contributed by atoms with Gasteiger partial charge in [0.05, 0.1) is 11.2 Å². The molecule has 2 heterocycles. The first-order valence-corrected chi connectivity index (χ1v) is 6.27. The Morgan fingerprint density at radius 2 is 2.39 bits per heavy atom. The second-order valence-corrected chi connectivity index (χ2v) is 4.92. The van der Waals surface area contributed by atoms with Crippen molar-refractivity contribution >= 4 is 34.7 Å². The highest BCUT2D eigenvalue weighted by Gasteiger charge is 2.18. The van der Waals surface area contributed by atoms with Crippen LogP contribution in [0.15, 0.2) is 11.6 Å². The van der Waals surface area contributed by atoms with Crippen LogP contribution in [0, 0.1) is 18.3 Å². The second kappa shape index (κ2) is 4.80. The van der Waals surface area contributed by atoms with Gasteiger partial charge in [0.15, 0.2) is 0 Å². The fourth-order valence-electron chi connectivity index (χ4n) is 1.41. The molecular weight excluding hydrogens is 272 g/mol. The molecule has 0 fully saturated rings. The maximum Gasteiger partial charge on any atom is 0.268 e. The molecule has 0 unspecified atom stereocenters. The summed E-state index contributed by atoms with van der Waals surface area (Å²) < 4.78 is 1.44. The summed E-state index contributed by atoms with van der Waals surface area (Å²) in [5.41, 5.74) is 1.17. The van der Waals surface area contributed by atoms with Crippen LogP contribution in [0.4, 0.5) is 5.82 Å². The molecule has 0 radical (unpaired) electrons. The summed E-state index contributed by atoms with van der Waals surface area (Å²) in [5.74, 6) is 0.0304. The van der Waals surface area contributed by atoms with Gasteiger partial charge in [0.1, 0.15) is 22.3 Å². The highest BCUT2D eigenvalue weighted by molar-refractivity contribution is 7.13. The smallest absolute Gasteiger partial charge is 0.268 e. The number of halogens is 1. The Hall–Kier alpha value is -1.84. The summed E-state index contributed by atoms with van der Waals surface area (Å²) in [4.78, 5) is 12.5. The zero-order chi connectivity index (χ0) is 13.3. The van der Waals surface area contributed by atoms with Gasteiger partial charge in [0.2, 0.25) is 0 Å². The topological polar surface area (TPSA) is 70.7 Å². The molecule has 0 atom stereocenters. The minimum atomic E-state index is -0.335. The van der Waals surface area contributed by atoms with Crippen molar-refractivity contribution in [2.75, 3.05) is 5.32 Å². The van der Waals surface area contributed by atoms with E-state index >= 15 is 0 Å². The molecule has 0 saturated carbocycles. The molecule has 2 aromatic rings. The average Bonchev–Trinajstić information content (AvgIpc) is 2.85. The Balaban J connectivity index is 2.30. The number of rotatable bonds is 2. The van der Waals surface area contributed by atoms with Crippen molar-refractivity contribution in [3.63, 3.8) is 0 Å². The number of amides is 1. The number of aryl methyl sites for hydroxylation is 2. The summed E-state index contributed by atoms with van der Waals surface area (Å²) in [6.45, 7) is 1.83. The summed E-state index contributed by atoms with van der Waals surface area (Å²) >= 11 is 7.29. The van der Waals surface area contributed by atoms with Gasteiger partial charge >= 0.3 is 0 Å². The molecular formula is C11H9ClN4OS. The van der Waals surface area contributed by atoms with E-state index in [-0.39, 0.29) is 5.91 Å². The van der Waals surface area contributed by atoms with E-state index in [2.05, 4.69) is 10.4 Å². The highest BCUT2D eigenvalue weighted by Crippen LogP contribution is 2.28. The van der Waals surface area contributed by atoms with Crippen LogP contribution in [0.5, 0.6) is 0 Å². The number of carbonyl (C=O) groups excluding carboxylic acids is 1. The Bertz CT molecular complexity index is 653. The highest BCUT2D eigenvalue weighted by atomic mass is 35.5. The summed E-state index contributed by atoms with van der Waals surface area (Å²) in [5, 5.41) is 17.7. The van der Waals surface area contributed by atoms with Crippen LogP contribution in [-0.4, -0.2) is 15.7 Å². The molecule has 0 spiro atoms. The lowest BCUT2D eigenvalue weighted by atomic mass is 10.3. The minimum Gasteiger partial charge on any atom is -0.305 e. The molecule has 0 bridgehead atoms. The maximum absolute atomic E-state index is 12.0. The van der Waals surface area contributed by atoms with E-state index in [0.717, 1.165) is 5.56 Å². The monoisotopic (exact) mass is 280 g/mol. The van der Waals surface area contributed by atoms with Crippen molar-refractivity contribution < 1.29 is 4.79 Å². The number of anilines is 1. The molecule has 5 nitrogen and oxygen atoms in total. The predicted molar refractivity (Wildman–Crippen MR) is 69.9 cm³/mol. The van der Waals surface area contributed by atoms with Gasteiger partial charge in [-0.15, -0.1) is 11.3 Å². The number of hydrogen-bond acceptors (Lipinski definition) is 4. The third kappa shape index (κ3) is 2.10. The van der Waals surface area contributed by atoms with Crippen LogP contribution in [0.3, 0.4) is 0 Å². The molecule has 0 aromatic carbocycles. The number of hydrogen-bond donors (Lipinski definition) is 1. The maximum atomic E-state index is 12.0. The standard InChI is InChI=1S/C11H9ClN4OS/c1-6-5-18-9(8(6)12)11(17)15-10-7(3-13)4-14-16(10)2/h4-5H,1-2H3,(H,15,17). The van der Waals surface area contributed by atoms with Gasteiger partial charge in [0.25, 0.3) is 5.91 Å². The Morgan fingerprint density at radius 3 is 2.94 bits per heavy atom. The van der Waals surface area contributed by atoms with Crippen LogP contribution < -0.4 is 5.32 Å². The Morgan fingerprint density at radius 1 is 1.67 bits per heavy atom. The Labute approximate surface area is 113 Å². The van der Waals surface area contributed by atoms with Gasteiger partial charge in [-0.3, -0.25) is 9.48 Å². The first-order valence-electron chi connectivity index (χ1n) is 5.01. The van der Waals surface area contributed by atoms with Crippen molar-refractivity contribution in [2.45, 2.75) is 6.92 Å². The van der Waals surface area contributed by atoms with Crippen LogP contribution in [-0.2, 0) is 7.05 Å². The lowest BCUT2D eigenvalue weighted by Crippen LogP contribution is -2.14. The molecule has 7 heteroatoms. The number of nitrogens with one attached hydrogen (secondary N) is 1. The lowest BCUT2D eigenvalue weighted by molar-refractivity contribution is 0.102. The van der Waals surface area contributed by atoms with Crippen LogP contribution >= 0.6 is 22.9 Å². The first kappa shape index (κ1) is 12.6. The molecule has 2 aromatic heterocycles. The third-order valence-electron chi connectivity index (χ3n) is 2.40. The van der Waals surface area contributed by atoms with E-state index in [0.29, 0.717) is 21.3 Å². The molecule has 0 aliphatic carbocycles. The Kier molecular flexibility index (Phi) is 3.36. The van der Waals surface area contributed by atoms with Crippen LogP contribution in [0.1, 0.15) is 20.8 Å². The number of thiophene rings is 1. The van der Waals surface area contributed by atoms with Gasteiger partial charge in [0, 0.05) is 7.05 Å². The van der Waals surface area contributed by atoms with Gasteiger partial charge < -0.3 is 5.32 Å². The molecule has 1 amide bonds. The van der Waals surface area contributed by atoms with E-state index in [1.54, 1.807) is 7.05 Å². The quantitative estimate of drug-likeness (QED) is 0.919. The minimum absolute atomic E-state index is 0.315. The molecule has 18 heavy (non-hydrogen) atoms. The molecule has 0 aliphatic rings. The van der Waals surface area contributed by atoms with E-state index in [1.807, 2.05) is 18.4 Å². The summed E-state index contributed by atoms with van der Waals surface area (Å²) in [6, 6.07) is 1.97. The van der Waals surface area contributed by atoms with E-state index in [4.69, 9.17) is 16.9 Å². The van der Waals surface area contributed by atoms with Crippen molar-refractivity contribution in [3.05, 3.63) is 32.6 Å². The fourth-order valence-corrected chi connectivity index (χ4v) is 2.59. The number of carbonyl (C=O) groups is 1. The molecule has 0 saturated heterocycles. The SMILES string of the molecule is Cc1csc(C(=O)Nc2c(C#N)cnn2C)c1Cl. The largest absolute Gasteiger partial charge is 0.305 e. The van der Waals surface area contributed by atoms with E-state index in [1.165, 1.54) is 22.2 Å². The first-order chi connectivity index (χ1) is 8.54. The molecule has 2 rings (SSSR count). The normalized spacial score (nSPS) is 10.1. The average molecular weight is 281 g/mol. The number of aromatic nitrogens is 2. The van der Waals surface area contributed by atoms with Crippen molar-refractivity contribution in [3.8, 4) is 6.07 Å². The number of nitrogens with zero attached hydrogens (tertiary/aromatic N) is 3. The zero-order valence-corrected chi connectivity index (χ0v) is 11.3. The fraction of sp³-hybridized carbons (Fsp3) is 0.182. The van der Waals surface area contributed by atoms with Gasteiger partial charge in [-0.05, 0) is 17.9 Å². The van der Waals surface area contributed by atoms with Crippen molar-refractivity contribution in [1.82, 2.24) is 9.78 Å². The van der Waals surface area contributed by atoms with Crippen molar-refractivity contribution in [2.24, 2.45) is 7.05 Å². The molecule has 1 N–H and O–H groups in total. The third-order valence-corrected chi connectivity index (χ3v) is 4.09. The zero-order valence-electron chi connectivity index (χ0n) is 9.69. The van der Waals surface area contributed by atoms with Gasteiger partial charge in [-0.1, -0.05) is 11.6 Å². The lowest BCUT2D eigenvalue weighted by Gasteiger charge is -2.04. The molecule has 92 valence electrons. The molecule has 0 aliphatic heterocycles. The predicted octanol–water partition coefficient (Wildman–Crippen LogP) is 2.57. The van der Waals surface area contributed by atoms with Crippen LogP contribution in [0.2, 0.25) is 5.02 Å². The van der Waals surface area contributed by atoms with Crippen molar-refractivity contribution in [1.29, 1.82) is 5.26 Å². The second-order valence-electron chi connectivity index (χ2n) is 3.66.